The number of carbonyl (C=O) groups excluding carboxylic acids is 2. The molecule has 0 saturated carbocycles. The number of benzene rings is 1. The Morgan fingerprint density at radius 3 is 2.73 bits per heavy atom. The molecule has 1 aliphatic rings. The number of thiazole rings is 1. The highest BCUT2D eigenvalue weighted by Gasteiger charge is 2.23. The fraction of sp³-hybridized carbons (Fsp3) is 0.267. The molecular weight excluding hydrogens is 380 g/mol. The molecule has 1 aromatic heterocycles. The van der Waals surface area contributed by atoms with E-state index in [2.05, 4.69) is 25.1 Å². The average Bonchev–Trinajstić information content (AvgIpc) is 2.93. The molecule has 138 valence electrons. The molecule has 0 spiro atoms. The first-order valence-corrected chi connectivity index (χ1v) is 9.95. The number of aromatic nitrogens is 1. The molecule has 0 aliphatic carbocycles. The van der Waals surface area contributed by atoms with Crippen LogP contribution in [0.5, 0.6) is 0 Å². The molecule has 11 heteroatoms. The number of carbonyl (C=O) groups is 2. The maximum absolute atomic E-state index is 12.5. The molecule has 1 aromatic carbocycles. The number of sulfonamides is 1. The second-order valence-corrected chi connectivity index (χ2v) is 8.08. The minimum Gasteiger partial charge on any atom is -0.453 e. The van der Waals surface area contributed by atoms with Crippen molar-refractivity contribution >= 4 is 44.2 Å². The third-order valence-electron chi connectivity index (χ3n) is 3.60. The van der Waals surface area contributed by atoms with Crippen LogP contribution in [0, 0.1) is 0 Å². The van der Waals surface area contributed by atoms with Crippen LogP contribution in [0.2, 0.25) is 0 Å². The fourth-order valence-corrected chi connectivity index (χ4v) is 4.50. The van der Waals surface area contributed by atoms with Gasteiger partial charge in [0.1, 0.15) is 4.88 Å². The zero-order valence-corrected chi connectivity index (χ0v) is 15.4. The Balaban J connectivity index is 1.78. The molecule has 0 saturated heterocycles. The number of hydrogen-bond donors (Lipinski definition) is 3. The highest BCUT2D eigenvalue weighted by Crippen LogP contribution is 2.27. The number of amides is 2. The quantitative estimate of drug-likeness (QED) is 0.723. The van der Waals surface area contributed by atoms with E-state index in [4.69, 9.17) is 0 Å². The van der Waals surface area contributed by atoms with Crippen molar-refractivity contribution in [2.75, 3.05) is 23.7 Å². The van der Waals surface area contributed by atoms with Crippen LogP contribution in [0.15, 0.2) is 29.2 Å². The van der Waals surface area contributed by atoms with Crippen LogP contribution in [0.1, 0.15) is 21.8 Å². The van der Waals surface area contributed by atoms with Crippen molar-refractivity contribution in [2.24, 2.45) is 0 Å². The summed E-state index contributed by atoms with van der Waals surface area (Å²) in [5.74, 6) is -0.237. The smallest absolute Gasteiger partial charge is 0.411 e. The molecule has 0 atom stereocenters. The Kier molecular flexibility index (Phi) is 5.09. The number of nitrogens with one attached hydrogen (secondary N) is 3. The zero-order valence-electron chi connectivity index (χ0n) is 13.7. The topological polar surface area (TPSA) is 126 Å². The predicted molar refractivity (Wildman–Crippen MR) is 96.0 cm³/mol. The van der Waals surface area contributed by atoms with Crippen molar-refractivity contribution in [1.29, 1.82) is 0 Å². The molecule has 0 fully saturated rings. The van der Waals surface area contributed by atoms with E-state index < -0.39 is 16.1 Å². The third-order valence-corrected chi connectivity index (χ3v) is 6.09. The van der Waals surface area contributed by atoms with Crippen molar-refractivity contribution in [3.8, 4) is 0 Å². The lowest BCUT2D eigenvalue weighted by Gasteiger charge is -2.07. The molecule has 2 heterocycles. The minimum absolute atomic E-state index is 0.00256. The van der Waals surface area contributed by atoms with Gasteiger partial charge in [-0.3, -0.25) is 14.8 Å². The van der Waals surface area contributed by atoms with Crippen LogP contribution >= 0.6 is 11.3 Å². The first-order chi connectivity index (χ1) is 12.4. The molecule has 0 bridgehead atoms. The number of aryl methyl sites for hydroxylation is 1. The molecule has 0 unspecified atom stereocenters. The Labute approximate surface area is 153 Å². The van der Waals surface area contributed by atoms with Crippen molar-refractivity contribution in [3.63, 3.8) is 0 Å². The van der Waals surface area contributed by atoms with E-state index in [1.54, 1.807) is 0 Å². The molecule has 1 aliphatic heterocycles. The highest BCUT2D eigenvalue weighted by atomic mass is 32.2. The molecule has 9 nitrogen and oxygen atoms in total. The summed E-state index contributed by atoms with van der Waals surface area (Å²) < 4.78 is 31.9. The predicted octanol–water partition coefficient (Wildman–Crippen LogP) is 1.80. The van der Waals surface area contributed by atoms with Crippen LogP contribution in [-0.2, 0) is 21.2 Å². The largest absolute Gasteiger partial charge is 0.453 e. The van der Waals surface area contributed by atoms with Gasteiger partial charge in [-0.05, 0) is 37.1 Å². The van der Waals surface area contributed by atoms with E-state index in [1.165, 1.54) is 31.4 Å². The summed E-state index contributed by atoms with van der Waals surface area (Å²) in [6, 6.07) is 5.57. The summed E-state index contributed by atoms with van der Waals surface area (Å²) in [7, 11) is -2.64. The van der Waals surface area contributed by atoms with Gasteiger partial charge in [0.15, 0.2) is 5.13 Å². The number of hydrogen-bond acceptors (Lipinski definition) is 7. The van der Waals surface area contributed by atoms with Gasteiger partial charge in [-0.2, -0.15) is 0 Å². The lowest BCUT2D eigenvalue weighted by Crippen LogP contribution is -2.21. The lowest BCUT2D eigenvalue weighted by molar-refractivity contribution is 0.0959. The summed E-state index contributed by atoms with van der Waals surface area (Å²) in [4.78, 5) is 27.8. The van der Waals surface area contributed by atoms with Gasteiger partial charge < -0.3 is 10.1 Å². The van der Waals surface area contributed by atoms with E-state index in [1.807, 2.05) is 0 Å². The second-order valence-electron chi connectivity index (χ2n) is 5.40. The number of nitrogens with zero attached hydrogens (tertiary/aromatic N) is 1. The van der Waals surface area contributed by atoms with E-state index >= 15 is 0 Å². The van der Waals surface area contributed by atoms with Crippen LogP contribution in [0.25, 0.3) is 0 Å². The third kappa shape index (κ3) is 3.94. The Morgan fingerprint density at radius 2 is 2.04 bits per heavy atom. The molecule has 2 amide bonds. The molecule has 2 aromatic rings. The number of fused-ring (bicyclic) bond motifs is 1. The van der Waals surface area contributed by atoms with E-state index in [0.717, 1.165) is 17.8 Å². The second kappa shape index (κ2) is 7.30. The Hall–Kier alpha value is -2.66. The first kappa shape index (κ1) is 18.1. The maximum Gasteiger partial charge on any atom is 0.411 e. The summed E-state index contributed by atoms with van der Waals surface area (Å²) >= 11 is 1.01. The normalized spacial score (nSPS) is 14.0. The molecule has 26 heavy (non-hydrogen) atoms. The number of methoxy groups -OCH3 is 1. The van der Waals surface area contributed by atoms with Crippen LogP contribution in [-0.4, -0.2) is 39.1 Å². The molecule has 0 radical (unpaired) electrons. The summed E-state index contributed by atoms with van der Waals surface area (Å²) in [6.07, 6.45) is 0.713. The molecule has 3 rings (SSSR count). The van der Waals surface area contributed by atoms with Crippen LogP contribution in [0.4, 0.5) is 15.6 Å². The van der Waals surface area contributed by atoms with Crippen molar-refractivity contribution in [3.05, 3.63) is 34.8 Å². The van der Waals surface area contributed by atoms with E-state index in [-0.39, 0.29) is 15.9 Å². The van der Waals surface area contributed by atoms with Crippen LogP contribution in [0.3, 0.4) is 0 Å². The van der Waals surface area contributed by atoms with Gasteiger partial charge >= 0.3 is 6.09 Å². The van der Waals surface area contributed by atoms with Gasteiger partial charge in [-0.25, -0.2) is 18.2 Å². The molecular formula is C15H16N4O5S2. The fourth-order valence-electron chi connectivity index (χ4n) is 2.34. The average molecular weight is 396 g/mol. The number of anilines is 2. The van der Waals surface area contributed by atoms with Crippen LogP contribution < -0.4 is 15.4 Å². The van der Waals surface area contributed by atoms with Gasteiger partial charge in [-0.1, -0.05) is 11.3 Å². The summed E-state index contributed by atoms with van der Waals surface area (Å²) in [6.45, 7) is 0.578. The molecule has 3 N–H and O–H groups in total. The zero-order chi connectivity index (χ0) is 18.7. The summed E-state index contributed by atoms with van der Waals surface area (Å²) in [5.41, 5.74) is 0.994. The van der Waals surface area contributed by atoms with Gasteiger partial charge in [0, 0.05) is 12.2 Å². The monoisotopic (exact) mass is 396 g/mol. The van der Waals surface area contributed by atoms with E-state index in [0.29, 0.717) is 29.2 Å². The van der Waals surface area contributed by atoms with Gasteiger partial charge in [0.25, 0.3) is 15.9 Å². The van der Waals surface area contributed by atoms with Crippen molar-refractivity contribution in [2.45, 2.75) is 17.7 Å². The van der Waals surface area contributed by atoms with Crippen molar-refractivity contribution < 1.29 is 22.7 Å². The Morgan fingerprint density at radius 1 is 1.31 bits per heavy atom. The Bertz CT molecular complexity index is 937. The van der Waals surface area contributed by atoms with Gasteiger partial charge in [0.05, 0.1) is 17.7 Å². The van der Waals surface area contributed by atoms with Gasteiger partial charge in [0.2, 0.25) is 0 Å². The lowest BCUT2D eigenvalue weighted by atomic mass is 10.2. The summed E-state index contributed by atoms with van der Waals surface area (Å²) in [5, 5.41) is 5.32. The van der Waals surface area contributed by atoms with Gasteiger partial charge in [-0.15, -0.1) is 0 Å². The minimum atomic E-state index is -3.87. The number of ether oxygens (including phenoxy) is 1. The standard InChI is InChI=1S/C15H16N4O5S2/c1-24-15(21)17-9-4-6-10(7-5-9)26(22,23)19-14-18-11-3-2-8-16-13(20)12(11)25-14/h4-7H,2-3,8H2,1H3,(H,16,20)(H,17,21)(H,18,19). The maximum atomic E-state index is 12.5. The van der Waals surface area contributed by atoms with Crippen molar-refractivity contribution in [1.82, 2.24) is 10.3 Å². The van der Waals surface area contributed by atoms with E-state index in [9.17, 15) is 18.0 Å². The highest BCUT2D eigenvalue weighted by molar-refractivity contribution is 7.93. The SMILES string of the molecule is COC(=O)Nc1ccc(S(=O)(=O)Nc2nc3c(s2)C(=O)NCCC3)cc1. The number of rotatable bonds is 4. The first-order valence-electron chi connectivity index (χ1n) is 7.65.